The highest BCUT2D eigenvalue weighted by molar-refractivity contribution is 5.81. The van der Waals surface area contributed by atoms with Crippen molar-refractivity contribution in [3.8, 4) is 0 Å². The van der Waals surface area contributed by atoms with Crippen LogP contribution in [0.2, 0.25) is 0 Å². The summed E-state index contributed by atoms with van der Waals surface area (Å²) in [6.45, 7) is 9.68. The monoisotopic (exact) mass is 330 g/mol. The van der Waals surface area contributed by atoms with Crippen LogP contribution in [-0.4, -0.2) is 12.4 Å². The highest BCUT2D eigenvalue weighted by atomic mass is 16.5. The topological polar surface area (TPSA) is 26.3 Å². The summed E-state index contributed by atoms with van der Waals surface area (Å²) in [7, 11) is 0. The standard InChI is InChI=1S/C22H34O2/c1-15(16-6-8-21(2)13-18(21)11-16)24-10-4-5-20(23)17-7-9-22(3)14-19(22)12-17/h16-19H,1,4-14H2,2-3H3. The number of hydrogen-bond donors (Lipinski definition) is 0. The molecular formula is C22H34O2. The largest absolute Gasteiger partial charge is 0.498 e. The van der Waals surface area contributed by atoms with E-state index in [1.165, 1.54) is 38.5 Å². The van der Waals surface area contributed by atoms with Gasteiger partial charge < -0.3 is 4.74 Å². The molecule has 0 spiro atoms. The minimum absolute atomic E-state index is 0.347. The Hall–Kier alpha value is -0.790. The van der Waals surface area contributed by atoms with Gasteiger partial charge in [0.15, 0.2) is 0 Å². The highest BCUT2D eigenvalue weighted by Gasteiger charge is 2.54. The van der Waals surface area contributed by atoms with Gasteiger partial charge in [0.2, 0.25) is 0 Å². The molecule has 134 valence electrons. The van der Waals surface area contributed by atoms with Crippen LogP contribution in [0.25, 0.3) is 0 Å². The number of rotatable bonds is 7. The van der Waals surface area contributed by atoms with E-state index >= 15 is 0 Å². The van der Waals surface area contributed by atoms with E-state index in [2.05, 4.69) is 20.4 Å². The van der Waals surface area contributed by atoms with Crippen molar-refractivity contribution in [1.29, 1.82) is 0 Å². The molecule has 6 atom stereocenters. The van der Waals surface area contributed by atoms with Crippen LogP contribution in [0, 0.1) is 34.5 Å². The highest BCUT2D eigenvalue weighted by Crippen LogP contribution is 2.63. The van der Waals surface area contributed by atoms with E-state index in [-0.39, 0.29) is 0 Å². The molecule has 0 aliphatic heterocycles. The average molecular weight is 331 g/mol. The Morgan fingerprint density at radius 3 is 2.25 bits per heavy atom. The van der Waals surface area contributed by atoms with Crippen LogP contribution >= 0.6 is 0 Å². The van der Waals surface area contributed by atoms with Gasteiger partial charge in [0.1, 0.15) is 5.78 Å². The fourth-order valence-electron chi connectivity index (χ4n) is 5.64. The number of fused-ring (bicyclic) bond motifs is 2. The summed E-state index contributed by atoms with van der Waals surface area (Å²) < 4.78 is 5.92. The summed E-state index contributed by atoms with van der Waals surface area (Å²) in [4.78, 5) is 12.4. The number of carbonyl (C=O) groups is 1. The third-order valence-electron chi connectivity index (χ3n) is 8.11. The van der Waals surface area contributed by atoms with Crippen LogP contribution in [0.3, 0.4) is 0 Å². The van der Waals surface area contributed by atoms with E-state index in [0.29, 0.717) is 41.5 Å². The molecule has 0 N–H and O–H groups in total. The smallest absolute Gasteiger partial charge is 0.136 e. The summed E-state index contributed by atoms with van der Waals surface area (Å²) in [5, 5.41) is 0. The second-order valence-electron chi connectivity index (χ2n) is 9.94. The van der Waals surface area contributed by atoms with Crippen LogP contribution in [0.1, 0.15) is 78.1 Å². The van der Waals surface area contributed by atoms with E-state index in [1.54, 1.807) is 0 Å². The van der Waals surface area contributed by atoms with Gasteiger partial charge >= 0.3 is 0 Å². The first kappa shape index (κ1) is 16.7. The van der Waals surface area contributed by atoms with Crippen molar-refractivity contribution in [3.63, 3.8) is 0 Å². The Morgan fingerprint density at radius 1 is 1.04 bits per heavy atom. The minimum Gasteiger partial charge on any atom is -0.498 e. The van der Waals surface area contributed by atoms with Crippen molar-refractivity contribution in [2.24, 2.45) is 34.5 Å². The molecule has 0 aromatic carbocycles. The fraction of sp³-hybridized carbons (Fsp3) is 0.864. The zero-order valence-electron chi connectivity index (χ0n) is 15.6. The normalized spacial score (nSPS) is 45.8. The predicted molar refractivity (Wildman–Crippen MR) is 96.4 cm³/mol. The van der Waals surface area contributed by atoms with Gasteiger partial charge in [-0.15, -0.1) is 0 Å². The lowest BCUT2D eigenvalue weighted by molar-refractivity contribution is -0.124. The Kier molecular flexibility index (Phi) is 4.09. The number of Topliss-reactive ketones (excluding diaryl/α,β-unsaturated/α-hetero) is 1. The number of allylic oxidation sites excluding steroid dienone is 1. The lowest BCUT2D eigenvalue weighted by Crippen LogP contribution is -2.22. The maximum atomic E-state index is 12.4. The number of hydrogen-bond acceptors (Lipinski definition) is 2. The van der Waals surface area contributed by atoms with Gasteiger partial charge in [0.25, 0.3) is 0 Å². The van der Waals surface area contributed by atoms with Crippen LogP contribution in [0.5, 0.6) is 0 Å². The van der Waals surface area contributed by atoms with Crippen molar-refractivity contribution >= 4 is 5.78 Å². The van der Waals surface area contributed by atoms with Gasteiger partial charge in [-0.1, -0.05) is 20.4 Å². The van der Waals surface area contributed by atoms with Crippen molar-refractivity contribution in [2.45, 2.75) is 78.1 Å². The maximum Gasteiger partial charge on any atom is 0.136 e. The zero-order valence-corrected chi connectivity index (χ0v) is 15.6. The summed E-state index contributed by atoms with van der Waals surface area (Å²) in [6, 6.07) is 0. The third-order valence-corrected chi connectivity index (χ3v) is 8.11. The van der Waals surface area contributed by atoms with Crippen molar-refractivity contribution < 1.29 is 9.53 Å². The van der Waals surface area contributed by atoms with Crippen LogP contribution < -0.4 is 0 Å². The van der Waals surface area contributed by atoms with E-state index < -0.39 is 0 Å². The molecule has 24 heavy (non-hydrogen) atoms. The SMILES string of the molecule is C=C(OCCCC(=O)C1CCC2(C)CC2C1)C1CCC2(C)CC2C1. The summed E-state index contributed by atoms with van der Waals surface area (Å²) in [5.74, 6) is 4.15. The van der Waals surface area contributed by atoms with Gasteiger partial charge in [-0.2, -0.15) is 0 Å². The molecule has 4 rings (SSSR count). The van der Waals surface area contributed by atoms with Crippen molar-refractivity contribution in [1.82, 2.24) is 0 Å². The van der Waals surface area contributed by atoms with Crippen LogP contribution in [-0.2, 0) is 9.53 Å². The maximum absolute atomic E-state index is 12.4. The van der Waals surface area contributed by atoms with Crippen LogP contribution in [0.15, 0.2) is 12.3 Å². The second-order valence-corrected chi connectivity index (χ2v) is 9.94. The van der Waals surface area contributed by atoms with Crippen molar-refractivity contribution in [2.75, 3.05) is 6.61 Å². The summed E-state index contributed by atoms with van der Waals surface area (Å²) in [5.41, 5.74) is 1.26. The Balaban J connectivity index is 1.12. The second kappa shape index (κ2) is 5.88. The van der Waals surface area contributed by atoms with Gasteiger partial charge in [-0.05, 0) is 80.5 Å². The molecule has 0 heterocycles. The Labute approximate surface area is 147 Å². The predicted octanol–water partition coefficient (Wildman–Crippen LogP) is 5.52. The molecule has 0 aromatic heterocycles. The molecule has 2 heteroatoms. The Morgan fingerprint density at radius 2 is 1.62 bits per heavy atom. The van der Waals surface area contributed by atoms with Gasteiger partial charge in [0.05, 0.1) is 12.4 Å². The first-order valence-corrected chi connectivity index (χ1v) is 10.2. The first-order chi connectivity index (χ1) is 11.4. The van der Waals surface area contributed by atoms with Gasteiger partial charge in [-0.3, -0.25) is 4.79 Å². The number of carbonyl (C=O) groups excluding carboxylic acids is 1. The Bertz CT molecular complexity index is 490. The summed E-state index contributed by atoms with van der Waals surface area (Å²) >= 11 is 0. The molecule has 0 bridgehead atoms. The van der Waals surface area contributed by atoms with Gasteiger partial charge in [0, 0.05) is 18.3 Å². The molecule has 0 saturated heterocycles. The summed E-state index contributed by atoms with van der Waals surface area (Å²) in [6.07, 6.45) is 11.7. The minimum atomic E-state index is 0.347. The molecule has 4 saturated carbocycles. The molecule has 4 fully saturated rings. The van der Waals surface area contributed by atoms with Crippen LogP contribution in [0.4, 0.5) is 0 Å². The van der Waals surface area contributed by atoms with Crippen molar-refractivity contribution in [3.05, 3.63) is 12.3 Å². The van der Waals surface area contributed by atoms with E-state index in [9.17, 15) is 4.79 Å². The lowest BCUT2D eigenvalue weighted by Gasteiger charge is -2.27. The molecular weight excluding hydrogens is 296 g/mol. The molecule has 0 aromatic rings. The lowest BCUT2D eigenvalue weighted by atomic mass is 9.80. The molecule has 4 aliphatic carbocycles. The van der Waals surface area contributed by atoms with Gasteiger partial charge in [-0.25, -0.2) is 0 Å². The van der Waals surface area contributed by atoms with E-state index in [1.807, 2.05) is 0 Å². The fourth-order valence-corrected chi connectivity index (χ4v) is 5.64. The molecule has 6 unspecified atom stereocenters. The molecule has 0 amide bonds. The van der Waals surface area contributed by atoms with E-state index in [4.69, 9.17) is 4.74 Å². The zero-order chi connectivity index (χ0) is 16.9. The third kappa shape index (κ3) is 3.18. The quantitative estimate of drug-likeness (QED) is 0.454. The number of ketones is 1. The van der Waals surface area contributed by atoms with E-state index in [0.717, 1.165) is 36.9 Å². The number of ether oxygens (including phenoxy) is 1. The molecule has 2 nitrogen and oxygen atoms in total. The first-order valence-electron chi connectivity index (χ1n) is 10.2. The molecule has 0 radical (unpaired) electrons. The molecule has 4 aliphatic rings. The average Bonchev–Trinajstić information content (AvgIpc) is 3.42.